The Labute approximate surface area is 210 Å². The Kier molecular flexibility index (Phi) is 8.48. The van der Waals surface area contributed by atoms with E-state index in [0.29, 0.717) is 30.8 Å². The van der Waals surface area contributed by atoms with Crippen LogP contribution in [0.5, 0.6) is 5.75 Å². The highest BCUT2D eigenvalue weighted by Gasteiger charge is 2.28. The molecule has 1 aliphatic heterocycles. The van der Waals surface area contributed by atoms with Gasteiger partial charge in [-0.25, -0.2) is 0 Å². The van der Waals surface area contributed by atoms with Crippen molar-refractivity contribution in [3.8, 4) is 5.75 Å². The predicted molar refractivity (Wildman–Crippen MR) is 136 cm³/mol. The number of β-amino-alcohol motifs (C(OH)–C–C–N with tert-alkyl or cyclic N) is 1. The van der Waals surface area contributed by atoms with Crippen molar-refractivity contribution in [3.05, 3.63) is 71.9 Å². The highest BCUT2D eigenvalue weighted by Crippen LogP contribution is 2.29. The van der Waals surface area contributed by atoms with E-state index < -0.39 is 6.29 Å². The van der Waals surface area contributed by atoms with Gasteiger partial charge < -0.3 is 24.6 Å². The summed E-state index contributed by atoms with van der Waals surface area (Å²) in [7, 11) is 1.78. The molecule has 3 atom stereocenters. The average molecular weight is 493 g/mol. The highest BCUT2D eigenvalue weighted by atomic mass is 16.6. The summed E-state index contributed by atoms with van der Waals surface area (Å²) >= 11 is 0. The maximum Gasteiger partial charge on any atom is 0.260 e. The minimum atomic E-state index is -1.15. The van der Waals surface area contributed by atoms with Crippen LogP contribution in [-0.4, -0.2) is 83.0 Å². The minimum absolute atomic E-state index is 0.147. The summed E-state index contributed by atoms with van der Waals surface area (Å²) in [5.41, 5.74) is 2.41. The van der Waals surface area contributed by atoms with Gasteiger partial charge in [0.2, 0.25) is 6.29 Å². The molecule has 9 nitrogen and oxygen atoms in total. The number of carbonyl (C=O) groups excluding carboxylic acids is 1. The molecule has 0 bridgehead atoms. The van der Waals surface area contributed by atoms with E-state index in [1.54, 1.807) is 36.3 Å². The number of aliphatic hydroxyl groups excluding tert-OH is 2. The molecule has 1 aromatic heterocycles. The first kappa shape index (κ1) is 25.6. The lowest BCUT2D eigenvalue weighted by Gasteiger charge is -2.32. The van der Waals surface area contributed by atoms with E-state index in [0.717, 1.165) is 29.5 Å². The van der Waals surface area contributed by atoms with Crippen molar-refractivity contribution < 1.29 is 24.5 Å². The molecule has 1 aliphatic rings. The Morgan fingerprint density at radius 2 is 2.06 bits per heavy atom. The van der Waals surface area contributed by atoms with Crippen LogP contribution < -0.4 is 4.74 Å². The van der Waals surface area contributed by atoms with Gasteiger partial charge in [-0.3, -0.25) is 20.1 Å². The van der Waals surface area contributed by atoms with Crippen LogP contribution in [0.1, 0.15) is 23.6 Å². The molecule has 0 radical (unpaired) electrons. The molecule has 1 saturated heterocycles. The van der Waals surface area contributed by atoms with Gasteiger partial charge in [-0.05, 0) is 35.7 Å². The second kappa shape index (κ2) is 11.9. The van der Waals surface area contributed by atoms with E-state index in [1.807, 2.05) is 36.4 Å². The first-order valence-corrected chi connectivity index (χ1v) is 12.0. The van der Waals surface area contributed by atoms with Gasteiger partial charge in [0.15, 0.2) is 13.0 Å². The van der Waals surface area contributed by atoms with Gasteiger partial charge in [0.25, 0.3) is 5.91 Å². The third-order valence-corrected chi connectivity index (χ3v) is 6.51. The smallest absolute Gasteiger partial charge is 0.260 e. The fraction of sp³-hybridized carbons (Fsp3) is 0.370. The van der Waals surface area contributed by atoms with E-state index in [9.17, 15) is 15.0 Å². The number of rotatable bonds is 11. The highest BCUT2D eigenvalue weighted by molar-refractivity contribution is 5.88. The predicted octanol–water partition coefficient (Wildman–Crippen LogP) is 2.36. The van der Waals surface area contributed by atoms with Gasteiger partial charge in [-0.2, -0.15) is 0 Å². The normalized spacial score (nSPS) is 17.5. The van der Waals surface area contributed by atoms with Crippen LogP contribution in [0.4, 0.5) is 0 Å². The molecule has 1 amide bonds. The van der Waals surface area contributed by atoms with Gasteiger partial charge in [-0.1, -0.05) is 36.4 Å². The molecule has 2 aromatic carbocycles. The summed E-state index contributed by atoms with van der Waals surface area (Å²) in [5, 5.41) is 27.6. The fourth-order valence-corrected chi connectivity index (χ4v) is 4.57. The lowest BCUT2D eigenvalue weighted by atomic mass is 10.0. The van der Waals surface area contributed by atoms with Crippen molar-refractivity contribution in [3.63, 3.8) is 0 Å². The number of carbonyl (C=O) groups is 1. The topological polar surface area (TPSA) is 119 Å². The van der Waals surface area contributed by atoms with Crippen molar-refractivity contribution in [2.45, 2.75) is 31.3 Å². The molecular formula is C27H32N4O5. The van der Waals surface area contributed by atoms with E-state index in [-0.39, 0.29) is 31.1 Å². The fourth-order valence-electron chi connectivity index (χ4n) is 4.57. The summed E-state index contributed by atoms with van der Waals surface area (Å²) in [6, 6.07) is 16.9. The molecule has 9 heteroatoms. The molecule has 2 unspecified atom stereocenters. The Bertz CT molecular complexity index is 1180. The van der Waals surface area contributed by atoms with Crippen molar-refractivity contribution >= 4 is 23.2 Å². The van der Waals surface area contributed by atoms with E-state index in [4.69, 9.17) is 14.9 Å². The molecule has 36 heavy (non-hydrogen) atoms. The van der Waals surface area contributed by atoms with Gasteiger partial charge in [0, 0.05) is 44.7 Å². The number of likely N-dealkylation sites (N-methyl/N-ethyl adjacent to an activating group) is 1. The Balaban J connectivity index is 1.48. The van der Waals surface area contributed by atoms with E-state index in [1.165, 1.54) is 0 Å². The van der Waals surface area contributed by atoms with E-state index in [2.05, 4.69) is 9.88 Å². The maximum absolute atomic E-state index is 13.2. The summed E-state index contributed by atoms with van der Waals surface area (Å²) in [6.07, 6.45) is 1.78. The third kappa shape index (κ3) is 6.17. The van der Waals surface area contributed by atoms with Crippen LogP contribution in [-0.2, 0) is 16.0 Å². The zero-order valence-electron chi connectivity index (χ0n) is 20.3. The number of nitrogens with one attached hydrogen (secondary N) is 1. The average Bonchev–Trinajstić information content (AvgIpc) is 3.31. The van der Waals surface area contributed by atoms with Crippen LogP contribution >= 0.6 is 0 Å². The lowest BCUT2D eigenvalue weighted by molar-refractivity contribution is -0.134. The van der Waals surface area contributed by atoms with Crippen molar-refractivity contribution in [2.75, 3.05) is 33.3 Å². The SMILES string of the molecule is CN(C(=O)COc1ccc(CC(O)OC=N)c2ncccc12)C(CN1CC[C@H](O)C1)c1ccccc1. The van der Waals surface area contributed by atoms with Crippen LogP contribution in [0.3, 0.4) is 0 Å². The number of amides is 1. The van der Waals surface area contributed by atoms with Gasteiger partial charge in [0.1, 0.15) is 5.75 Å². The monoisotopic (exact) mass is 492 g/mol. The molecule has 4 rings (SSSR count). The number of aliphatic hydroxyl groups is 2. The third-order valence-electron chi connectivity index (χ3n) is 6.51. The largest absolute Gasteiger partial charge is 0.483 e. The number of hydrogen-bond donors (Lipinski definition) is 3. The number of likely N-dealkylation sites (tertiary alicyclic amines) is 1. The molecule has 0 aliphatic carbocycles. The summed E-state index contributed by atoms with van der Waals surface area (Å²) in [5.74, 6) is 0.351. The summed E-state index contributed by atoms with van der Waals surface area (Å²) in [4.78, 5) is 21.6. The zero-order valence-corrected chi connectivity index (χ0v) is 20.3. The second-order valence-corrected chi connectivity index (χ2v) is 8.96. The Morgan fingerprint density at radius 1 is 1.25 bits per heavy atom. The second-order valence-electron chi connectivity index (χ2n) is 8.96. The number of aromatic nitrogens is 1. The van der Waals surface area contributed by atoms with Crippen LogP contribution in [0.25, 0.3) is 10.9 Å². The molecule has 3 N–H and O–H groups in total. The lowest BCUT2D eigenvalue weighted by Crippen LogP contribution is -2.40. The Morgan fingerprint density at radius 3 is 2.78 bits per heavy atom. The number of hydrogen-bond acceptors (Lipinski definition) is 8. The first-order valence-electron chi connectivity index (χ1n) is 12.0. The number of benzene rings is 2. The van der Waals surface area contributed by atoms with Crippen LogP contribution in [0.15, 0.2) is 60.8 Å². The summed E-state index contributed by atoms with van der Waals surface area (Å²) in [6.45, 7) is 1.89. The standard InChI is InChI=1S/C27H32N4O5/c1-30(23(19-6-3-2-4-7-19)16-31-13-11-21(32)15-31)25(33)17-35-24-10-9-20(14-26(34)36-18-28)27-22(24)8-5-12-29-27/h2-10,12,18,21,23,26,28,32,34H,11,13-17H2,1H3/t21-,23?,26?/m0/s1. The van der Waals surface area contributed by atoms with Crippen molar-refractivity contribution in [2.24, 2.45) is 0 Å². The molecule has 2 heterocycles. The molecular weight excluding hydrogens is 460 g/mol. The van der Waals surface area contributed by atoms with Gasteiger partial charge >= 0.3 is 0 Å². The van der Waals surface area contributed by atoms with Crippen LogP contribution in [0, 0.1) is 5.41 Å². The molecule has 3 aromatic rings. The number of ether oxygens (including phenoxy) is 2. The number of fused-ring (bicyclic) bond motifs is 1. The van der Waals surface area contributed by atoms with Crippen molar-refractivity contribution in [1.82, 2.24) is 14.8 Å². The minimum Gasteiger partial charge on any atom is -0.483 e. The quantitative estimate of drug-likeness (QED) is 0.214. The molecule has 0 spiro atoms. The molecule has 190 valence electrons. The summed E-state index contributed by atoms with van der Waals surface area (Å²) < 4.78 is 10.8. The van der Waals surface area contributed by atoms with Crippen molar-refractivity contribution in [1.29, 1.82) is 5.41 Å². The van der Waals surface area contributed by atoms with Gasteiger partial charge in [0.05, 0.1) is 17.7 Å². The first-order chi connectivity index (χ1) is 17.5. The Hall–Kier alpha value is -3.53. The van der Waals surface area contributed by atoms with E-state index >= 15 is 0 Å². The zero-order chi connectivity index (χ0) is 25.5. The van der Waals surface area contributed by atoms with Crippen LogP contribution in [0.2, 0.25) is 0 Å². The molecule has 0 saturated carbocycles. The number of nitrogens with zero attached hydrogens (tertiary/aromatic N) is 3. The molecule has 1 fully saturated rings. The van der Waals surface area contributed by atoms with Gasteiger partial charge in [-0.15, -0.1) is 0 Å². The number of pyridine rings is 1. The maximum atomic E-state index is 13.2.